The van der Waals surface area contributed by atoms with Crippen molar-refractivity contribution in [2.75, 3.05) is 5.75 Å². The Morgan fingerprint density at radius 1 is 1.33 bits per heavy atom. The summed E-state index contributed by atoms with van der Waals surface area (Å²) in [5.41, 5.74) is 0.398. The van der Waals surface area contributed by atoms with Crippen LogP contribution in [0.15, 0.2) is 12.4 Å². The van der Waals surface area contributed by atoms with Crippen molar-refractivity contribution in [3.63, 3.8) is 0 Å². The monoisotopic (exact) mass is 286 g/mol. The van der Waals surface area contributed by atoms with Crippen LogP contribution in [0.4, 0.5) is 0 Å². The molecule has 0 aliphatic carbocycles. The highest BCUT2D eigenvalue weighted by atomic mass is 35.5. The third-order valence-electron chi connectivity index (χ3n) is 3.18. The summed E-state index contributed by atoms with van der Waals surface area (Å²) in [6.07, 6.45) is 5.34. The number of hydrogen-bond acceptors (Lipinski definition) is 5. The molecule has 0 N–H and O–H groups in total. The Balaban J connectivity index is 2.17. The summed E-state index contributed by atoms with van der Waals surface area (Å²) in [5, 5.41) is 7.54. The van der Waals surface area contributed by atoms with E-state index in [9.17, 15) is 8.42 Å². The fraction of sp³-hybridized carbons (Fsp3) is 0.500. The van der Waals surface area contributed by atoms with Crippen LogP contribution >= 0.6 is 11.6 Å². The summed E-state index contributed by atoms with van der Waals surface area (Å²) >= 11 is 5.90. The smallest absolute Gasteiger partial charge is 0.198 e. The minimum Gasteiger partial charge on any atom is -0.281 e. The lowest BCUT2D eigenvalue weighted by Gasteiger charge is -2.20. The predicted octanol–water partition coefficient (Wildman–Crippen LogP) is 1.42. The Morgan fingerprint density at radius 2 is 2.17 bits per heavy atom. The maximum Gasteiger partial charge on any atom is 0.198 e. The van der Waals surface area contributed by atoms with E-state index >= 15 is 0 Å². The molecule has 1 aliphatic rings. The van der Waals surface area contributed by atoms with Gasteiger partial charge in [0.05, 0.1) is 5.75 Å². The predicted molar refractivity (Wildman–Crippen MR) is 66.2 cm³/mol. The standard InChI is InChI=1S/C10H11ClN4O2S/c11-8-10-14-13-9(15(10)5-4-12-8)7-3-1-2-6-18(7,16)17/h4-5,7H,1-3,6H2. The summed E-state index contributed by atoms with van der Waals surface area (Å²) in [6, 6.07) is 0. The van der Waals surface area contributed by atoms with E-state index in [1.54, 1.807) is 10.6 Å². The van der Waals surface area contributed by atoms with E-state index in [1.807, 2.05) is 0 Å². The first kappa shape index (κ1) is 11.9. The van der Waals surface area contributed by atoms with Gasteiger partial charge in [-0.15, -0.1) is 10.2 Å². The molecule has 1 aliphatic heterocycles. The van der Waals surface area contributed by atoms with Gasteiger partial charge in [0.2, 0.25) is 0 Å². The molecule has 3 rings (SSSR count). The normalized spacial score (nSPS) is 23.3. The Hall–Kier alpha value is -1.21. The van der Waals surface area contributed by atoms with Crippen molar-refractivity contribution in [3.8, 4) is 0 Å². The highest BCUT2D eigenvalue weighted by molar-refractivity contribution is 7.91. The lowest BCUT2D eigenvalue weighted by molar-refractivity contribution is 0.537. The topological polar surface area (TPSA) is 77.2 Å². The van der Waals surface area contributed by atoms with Crippen LogP contribution in [0.3, 0.4) is 0 Å². The summed E-state index contributed by atoms with van der Waals surface area (Å²) in [6.45, 7) is 0. The van der Waals surface area contributed by atoms with E-state index in [2.05, 4.69) is 15.2 Å². The Morgan fingerprint density at radius 3 is 2.94 bits per heavy atom. The van der Waals surface area contributed by atoms with Crippen molar-refractivity contribution in [1.29, 1.82) is 0 Å². The van der Waals surface area contributed by atoms with Crippen LogP contribution in [0, 0.1) is 0 Å². The Kier molecular flexibility index (Phi) is 2.74. The lowest BCUT2D eigenvalue weighted by atomic mass is 10.2. The highest BCUT2D eigenvalue weighted by Crippen LogP contribution is 2.32. The van der Waals surface area contributed by atoms with Crippen molar-refractivity contribution >= 4 is 27.1 Å². The number of fused-ring (bicyclic) bond motifs is 1. The van der Waals surface area contributed by atoms with Gasteiger partial charge >= 0.3 is 0 Å². The molecular weight excluding hydrogens is 276 g/mol. The van der Waals surface area contributed by atoms with Gasteiger partial charge in [0.15, 0.2) is 26.5 Å². The molecule has 18 heavy (non-hydrogen) atoms. The van der Waals surface area contributed by atoms with Gasteiger partial charge in [0.1, 0.15) is 5.25 Å². The van der Waals surface area contributed by atoms with Gasteiger partial charge in [-0.25, -0.2) is 13.4 Å². The number of nitrogens with zero attached hydrogens (tertiary/aromatic N) is 4. The van der Waals surface area contributed by atoms with Crippen LogP contribution < -0.4 is 0 Å². The molecule has 0 amide bonds. The first-order chi connectivity index (χ1) is 8.59. The summed E-state index contributed by atoms with van der Waals surface area (Å²) < 4.78 is 25.8. The molecule has 1 atom stereocenters. The largest absolute Gasteiger partial charge is 0.281 e. The molecule has 0 saturated carbocycles. The zero-order valence-electron chi connectivity index (χ0n) is 9.45. The summed E-state index contributed by atoms with van der Waals surface area (Å²) in [4.78, 5) is 3.89. The number of halogens is 1. The first-order valence-electron chi connectivity index (χ1n) is 5.66. The van der Waals surface area contributed by atoms with Crippen LogP contribution in [-0.4, -0.2) is 33.8 Å². The molecule has 0 radical (unpaired) electrons. The van der Waals surface area contributed by atoms with Crippen molar-refractivity contribution < 1.29 is 8.42 Å². The van der Waals surface area contributed by atoms with Crippen LogP contribution in [0.1, 0.15) is 30.3 Å². The molecular formula is C10H11ClN4O2S. The van der Waals surface area contributed by atoms with Crippen molar-refractivity contribution in [1.82, 2.24) is 19.6 Å². The zero-order valence-corrected chi connectivity index (χ0v) is 11.0. The highest BCUT2D eigenvalue weighted by Gasteiger charge is 2.34. The second-order valence-electron chi connectivity index (χ2n) is 4.32. The van der Waals surface area contributed by atoms with Crippen LogP contribution in [0.2, 0.25) is 5.15 Å². The molecule has 0 aromatic carbocycles. The molecule has 2 aromatic heterocycles. The minimum absolute atomic E-state index is 0.214. The van der Waals surface area contributed by atoms with Gasteiger partial charge in [-0.1, -0.05) is 18.0 Å². The Labute approximate surface area is 109 Å². The molecule has 0 spiro atoms. The number of aromatic nitrogens is 4. The van der Waals surface area contributed by atoms with E-state index in [0.29, 0.717) is 17.9 Å². The van der Waals surface area contributed by atoms with Crippen molar-refractivity contribution in [3.05, 3.63) is 23.4 Å². The second-order valence-corrected chi connectivity index (χ2v) is 6.98. The van der Waals surface area contributed by atoms with Crippen LogP contribution in [-0.2, 0) is 9.84 Å². The second kappa shape index (κ2) is 4.17. The average Bonchev–Trinajstić information content (AvgIpc) is 2.74. The van der Waals surface area contributed by atoms with E-state index in [-0.39, 0.29) is 10.9 Å². The molecule has 1 unspecified atom stereocenters. The summed E-state index contributed by atoms with van der Waals surface area (Å²) in [5.74, 6) is 0.653. The van der Waals surface area contributed by atoms with Gasteiger partial charge in [-0.05, 0) is 12.8 Å². The molecule has 96 valence electrons. The van der Waals surface area contributed by atoms with Gasteiger partial charge < -0.3 is 0 Å². The summed E-state index contributed by atoms with van der Waals surface area (Å²) in [7, 11) is -3.14. The molecule has 2 aromatic rings. The third-order valence-corrected chi connectivity index (χ3v) is 5.61. The van der Waals surface area contributed by atoms with E-state index in [0.717, 1.165) is 12.8 Å². The number of hydrogen-bond donors (Lipinski definition) is 0. The average molecular weight is 287 g/mol. The van der Waals surface area contributed by atoms with Gasteiger partial charge in [-0.2, -0.15) is 0 Å². The molecule has 1 saturated heterocycles. The molecule has 3 heterocycles. The van der Waals surface area contributed by atoms with Crippen LogP contribution in [0.5, 0.6) is 0 Å². The maximum absolute atomic E-state index is 12.1. The van der Waals surface area contributed by atoms with Crippen LogP contribution in [0.25, 0.3) is 5.65 Å². The van der Waals surface area contributed by atoms with Crippen molar-refractivity contribution in [2.45, 2.75) is 24.5 Å². The SMILES string of the molecule is O=S1(=O)CCCCC1c1nnc2c(Cl)nccn12. The van der Waals surface area contributed by atoms with Gasteiger partial charge in [0, 0.05) is 12.4 Å². The molecule has 8 heteroatoms. The maximum atomic E-state index is 12.1. The van der Waals surface area contributed by atoms with Crippen molar-refractivity contribution in [2.24, 2.45) is 0 Å². The quantitative estimate of drug-likeness (QED) is 0.792. The minimum atomic E-state index is -3.14. The lowest BCUT2D eigenvalue weighted by Crippen LogP contribution is -2.23. The van der Waals surface area contributed by atoms with E-state index < -0.39 is 15.1 Å². The fourth-order valence-corrected chi connectivity index (χ4v) is 4.36. The zero-order chi connectivity index (χ0) is 12.8. The van der Waals surface area contributed by atoms with E-state index in [4.69, 9.17) is 11.6 Å². The molecule has 6 nitrogen and oxygen atoms in total. The first-order valence-corrected chi connectivity index (χ1v) is 7.75. The van der Waals surface area contributed by atoms with Gasteiger partial charge in [0.25, 0.3) is 0 Å². The van der Waals surface area contributed by atoms with E-state index in [1.165, 1.54) is 6.20 Å². The Bertz CT molecular complexity index is 697. The molecule has 0 bridgehead atoms. The molecule has 1 fully saturated rings. The van der Waals surface area contributed by atoms with Gasteiger partial charge in [-0.3, -0.25) is 4.40 Å². The number of sulfone groups is 1. The number of rotatable bonds is 1. The third kappa shape index (κ3) is 1.78. The fourth-order valence-electron chi connectivity index (χ4n) is 2.28.